The SMILES string of the molecule is C[C@@]1(C(=O)O)C[C@@H](O)CN1C(=O)c1ccc(N2CCCCC2CC2(C(F)(F)F)CCC2)cc1. The second-order valence-electron chi connectivity index (χ2n) is 10.1. The Labute approximate surface area is 191 Å². The molecule has 0 spiro atoms. The maximum atomic E-state index is 13.8. The van der Waals surface area contributed by atoms with Crippen LogP contribution in [0, 0.1) is 5.41 Å². The number of carbonyl (C=O) groups is 2. The quantitative estimate of drug-likeness (QED) is 0.677. The number of β-amino-alcohol motifs (C(OH)–C–C–N with tert-alkyl or cyclic N) is 1. The summed E-state index contributed by atoms with van der Waals surface area (Å²) < 4.78 is 41.3. The second kappa shape index (κ2) is 8.49. The van der Waals surface area contributed by atoms with Gasteiger partial charge in [-0.3, -0.25) is 4.79 Å². The lowest BCUT2D eigenvalue weighted by Crippen LogP contribution is -2.51. The molecule has 3 fully saturated rings. The lowest BCUT2D eigenvalue weighted by molar-refractivity contribution is -0.255. The molecule has 33 heavy (non-hydrogen) atoms. The van der Waals surface area contributed by atoms with Crippen molar-refractivity contribution in [2.75, 3.05) is 18.0 Å². The largest absolute Gasteiger partial charge is 0.480 e. The van der Waals surface area contributed by atoms with Crippen molar-refractivity contribution in [1.82, 2.24) is 4.90 Å². The standard InChI is InChI=1S/C24H31F3N2O4/c1-22(21(32)33)14-19(30)15-29(22)20(31)16-6-8-17(9-7-16)28-12-3-2-5-18(28)13-23(10-4-11-23)24(25,26)27/h6-9,18-19,30H,2-5,10-15H2,1H3,(H,32,33)/t18?,19-,22+/m1/s1. The van der Waals surface area contributed by atoms with Crippen molar-refractivity contribution >= 4 is 17.6 Å². The van der Waals surface area contributed by atoms with Crippen LogP contribution in [0.2, 0.25) is 0 Å². The minimum Gasteiger partial charge on any atom is -0.480 e. The Kier molecular flexibility index (Phi) is 6.14. The highest BCUT2D eigenvalue weighted by molar-refractivity contribution is 5.98. The molecule has 1 aliphatic carbocycles. The van der Waals surface area contributed by atoms with Crippen LogP contribution in [0.5, 0.6) is 0 Å². The molecule has 2 heterocycles. The molecule has 9 heteroatoms. The van der Waals surface area contributed by atoms with E-state index in [-0.39, 0.29) is 38.3 Å². The molecule has 1 amide bonds. The number of carboxylic acid groups (broad SMARTS) is 1. The number of carbonyl (C=O) groups excluding carboxylic acids is 1. The first-order chi connectivity index (χ1) is 15.5. The highest BCUT2D eigenvalue weighted by Crippen LogP contribution is 2.57. The molecule has 0 bridgehead atoms. The van der Waals surface area contributed by atoms with E-state index < -0.39 is 35.1 Å². The summed E-state index contributed by atoms with van der Waals surface area (Å²) in [6, 6.07) is 6.46. The molecule has 0 aromatic heterocycles. The molecular weight excluding hydrogens is 437 g/mol. The van der Waals surface area contributed by atoms with Crippen molar-refractivity contribution in [2.45, 2.75) is 82.2 Å². The second-order valence-corrected chi connectivity index (χ2v) is 10.1. The van der Waals surface area contributed by atoms with Gasteiger partial charge in [-0.05, 0) is 69.7 Å². The third-order valence-electron chi connectivity index (χ3n) is 7.94. The Hall–Kier alpha value is -2.29. The van der Waals surface area contributed by atoms with E-state index in [1.807, 2.05) is 4.90 Å². The van der Waals surface area contributed by atoms with Crippen LogP contribution in [0.3, 0.4) is 0 Å². The molecule has 182 valence electrons. The van der Waals surface area contributed by atoms with E-state index >= 15 is 0 Å². The fraction of sp³-hybridized carbons (Fsp3) is 0.667. The molecule has 2 N–H and O–H groups in total. The Morgan fingerprint density at radius 1 is 1.12 bits per heavy atom. The normalized spacial score (nSPS) is 29.6. The summed E-state index contributed by atoms with van der Waals surface area (Å²) in [4.78, 5) is 28.0. The van der Waals surface area contributed by atoms with Crippen LogP contribution in [-0.2, 0) is 4.79 Å². The van der Waals surface area contributed by atoms with E-state index in [1.165, 1.54) is 11.8 Å². The zero-order chi connectivity index (χ0) is 24.0. The van der Waals surface area contributed by atoms with Gasteiger partial charge < -0.3 is 20.0 Å². The third-order valence-corrected chi connectivity index (χ3v) is 7.94. The predicted molar refractivity (Wildman–Crippen MR) is 116 cm³/mol. The zero-order valence-electron chi connectivity index (χ0n) is 18.8. The monoisotopic (exact) mass is 468 g/mol. The first-order valence-corrected chi connectivity index (χ1v) is 11.6. The Balaban J connectivity index is 1.52. The van der Waals surface area contributed by atoms with Gasteiger partial charge in [0, 0.05) is 36.8 Å². The summed E-state index contributed by atoms with van der Waals surface area (Å²) >= 11 is 0. The van der Waals surface area contributed by atoms with Crippen LogP contribution in [0.25, 0.3) is 0 Å². The molecule has 1 saturated carbocycles. The minimum absolute atomic E-state index is 0.0391. The Morgan fingerprint density at radius 2 is 1.79 bits per heavy atom. The van der Waals surface area contributed by atoms with Crippen molar-refractivity contribution in [3.8, 4) is 0 Å². The number of hydrogen-bond acceptors (Lipinski definition) is 4. The number of nitrogens with zero attached hydrogens (tertiary/aromatic N) is 2. The predicted octanol–water partition coefficient (Wildman–Crippen LogP) is 4.22. The van der Waals surface area contributed by atoms with Gasteiger partial charge in [-0.2, -0.15) is 13.2 Å². The number of rotatable bonds is 5. The van der Waals surface area contributed by atoms with Gasteiger partial charge in [0.05, 0.1) is 11.5 Å². The van der Waals surface area contributed by atoms with Crippen LogP contribution in [0.4, 0.5) is 18.9 Å². The summed E-state index contributed by atoms with van der Waals surface area (Å²) in [6.07, 6.45) is -1.53. The molecule has 1 aromatic carbocycles. The van der Waals surface area contributed by atoms with E-state index in [4.69, 9.17) is 0 Å². The van der Waals surface area contributed by atoms with Gasteiger partial charge in [-0.15, -0.1) is 0 Å². The fourth-order valence-electron chi connectivity index (χ4n) is 5.72. The highest BCUT2D eigenvalue weighted by atomic mass is 19.4. The van der Waals surface area contributed by atoms with Gasteiger partial charge in [-0.25, -0.2) is 4.79 Å². The van der Waals surface area contributed by atoms with Gasteiger partial charge in [0.1, 0.15) is 5.54 Å². The van der Waals surface area contributed by atoms with Crippen LogP contribution < -0.4 is 4.90 Å². The van der Waals surface area contributed by atoms with E-state index in [0.717, 1.165) is 18.5 Å². The van der Waals surface area contributed by atoms with E-state index in [2.05, 4.69) is 0 Å². The van der Waals surface area contributed by atoms with Crippen LogP contribution in [0.15, 0.2) is 24.3 Å². The molecule has 1 aromatic rings. The van der Waals surface area contributed by atoms with E-state index in [1.54, 1.807) is 24.3 Å². The highest BCUT2D eigenvalue weighted by Gasteiger charge is 2.59. The number of anilines is 1. The van der Waals surface area contributed by atoms with Crippen molar-refractivity contribution < 1.29 is 33.0 Å². The number of aliphatic hydroxyl groups is 1. The summed E-state index contributed by atoms with van der Waals surface area (Å²) in [6.45, 7) is 2.03. The first-order valence-electron chi connectivity index (χ1n) is 11.6. The molecule has 3 aliphatic rings. The first kappa shape index (κ1) is 23.9. The number of amides is 1. The number of halogens is 3. The summed E-state index contributed by atoms with van der Waals surface area (Å²) in [5, 5.41) is 19.5. The molecule has 2 saturated heterocycles. The number of aliphatic carboxylic acids is 1. The number of benzene rings is 1. The van der Waals surface area contributed by atoms with E-state index in [0.29, 0.717) is 24.9 Å². The maximum absolute atomic E-state index is 13.8. The molecule has 6 nitrogen and oxygen atoms in total. The van der Waals surface area contributed by atoms with Gasteiger partial charge in [0.25, 0.3) is 5.91 Å². The summed E-state index contributed by atoms with van der Waals surface area (Å²) in [5.74, 6) is -1.65. The summed E-state index contributed by atoms with van der Waals surface area (Å²) in [7, 11) is 0. The number of alkyl halides is 3. The van der Waals surface area contributed by atoms with Gasteiger partial charge in [0.15, 0.2) is 0 Å². The van der Waals surface area contributed by atoms with Gasteiger partial charge in [-0.1, -0.05) is 6.42 Å². The molecular formula is C24H31F3N2O4. The zero-order valence-corrected chi connectivity index (χ0v) is 18.8. The average Bonchev–Trinajstić information content (AvgIpc) is 3.05. The molecule has 2 aliphatic heterocycles. The number of hydrogen-bond donors (Lipinski definition) is 2. The van der Waals surface area contributed by atoms with Crippen molar-refractivity contribution in [2.24, 2.45) is 5.41 Å². The smallest absolute Gasteiger partial charge is 0.394 e. The number of carboxylic acids is 1. The molecule has 0 radical (unpaired) electrons. The fourth-order valence-corrected chi connectivity index (χ4v) is 5.72. The van der Waals surface area contributed by atoms with E-state index in [9.17, 15) is 33.0 Å². The number of piperidine rings is 1. The maximum Gasteiger partial charge on any atom is 0.394 e. The lowest BCUT2D eigenvalue weighted by atomic mass is 9.64. The average molecular weight is 469 g/mol. The molecule has 3 atom stereocenters. The Bertz CT molecular complexity index is 900. The van der Waals surface area contributed by atoms with Crippen LogP contribution in [-0.4, -0.2) is 63.9 Å². The molecule has 4 rings (SSSR count). The van der Waals surface area contributed by atoms with Crippen molar-refractivity contribution in [1.29, 1.82) is 0 Å². The Morgan fingerprint density at radius 3 is 2.33 bits per heavy atom. The number of aliphatic hydroxyl groups excluding tert-OH is 1. The van der Waals surface area contributed by atoms with Gasteiger partial charge >= 0.3 is 12.1 Å². The number of likely N-dealkylation sites (tertiary alicyclic amines) is 1. The van der Waals surface area contributed by atoms with Gasteiger partial charge in [0.2, 0.25) is 0 Å². The lowest BCUT2D eigenvalue weighted by Gasteiger charge is -2.48. The topological polar surface area (TPSA) is 81.1 Å². The van der Waals surface area contributed by atoms with Crippen molar-refractivity contribution in [3.63, 3.8) is 0 Å². The minimum atomic E-state index is -4.19. The summed E-state index contributed by atoms with van der Waals surface area (Å²) in [5.41, 5.74) is -2.00. The third kappa shape index (κ3) is 4.20. The van der Waals surface area contributed by atoms with Crippen LogP contribution >= 0.6 is 0 Å². The van der Waals surface area contributed by atoms with Crippen molar-refractivity contribution in [3.05, 3.63) is 29.8 Å². The van der Waals surface area contributed by atoms with Crippen LogP contribution in [0.1, 0.15) is 68.6 Å². The molecule has 1 unspecified atom stereocenters.